The van der Waals surface area contributed by atoms with Crippen molar-refractivity contribution in [2.75, 3.05) is 95.9 Å². The number of aliphatic carboxylic acids is 1. The third-order valence-electron chi connectivity index (χ3n) is 13.2. The molecule has 0 bridgehead atoms. The van der Waals surface area contributed by atoms with Gasteiger partial charge in [0.1, 0.15) is 52.6 Å². The molecule has 0 amide bonds. The highest BCUT2D eigenvalue weighted by Gasteiger charge is 2.37. The molecular weight excluding hydrogens is 951 g/mol. The van der Waals surface area contributed by atoms with Gasteiger partial charge in [-0.25, -0.2) is 37.1 Å². The van der Waals surface area contributed by atoms with E-state index in [1.165, 1.54) is 12.1 Å². The molecule has 4 aliphatic rings. The zero-order chi connectivity index (χ0) is 50.8. The van der Waals surface area contributed by atoms with Crippen molar-refractivity contribution in [3.05, 3.63) is 95.6 Å². The quantitative estimate of drug-likeness (QED) is 0.0746. The number of hydrogen-bond acceptors (Lipinski definition) is 16. The van der Waals surface area contributed by atoms with Crippen LogP contribution in [0, 0.1) is 37.1 Å². The fraction of sp³-hybridized carbons (Fsp3) is 0.423. The Bertz CT molecular complexity index is 3010. The molecule has 0 saturated carbocycles. The summed E-state index contributed by atoms with van der Waals surface area (Å²) in [5, 5.41) is 16.6. The number of esters is 1. The first-order valence-corrected chi connectivity index (χ1v) is 24.2. The number of carbonyl (C=O) groups is 2. The molecule has 0 aliphatic carbocycles. The number of aromatic nitrogens is 4. The maximum absolute atomic E-state index is 15.2. The number of halogens is 4. The summed E-state index contributed by atoms with van der Waals surface area (Å²) in [6.07, 6.45) is 9.40. The number of rotatable bonds is 10. The molecule has 0 spiro atoms. The average molecular weight is 1010 g/mol. The zero-order valence-corrected chi connectivity index (χ0v) is 41.6. The number of anilines is 8. The fourth-order valence-electron chi connectivity index (χ4n) is 9.84. The molecule has 4 fully saturated rings. The highest BCUT2D eigenvalue weighted by Crippen LogP contribution is 2.41. The minimum absolute atomic E-state index is 0. The second kappa shape index (κ2) is 21.9. The van der Waals surface area contributed by atoms with E-state index >= 15 is 8.78 Å². The van der Waals surface area contributed by atoms with Crippen molar-refractivity contribution in [3.8, 4) is 0 Å². The molecular formula is C52H61F4N11O6. The number of morpholine rings is 2. The molecule has 4 saturated heterocycles. The van der Waals surface area contributed by atoms with Crippen molar-refractivity contribution in [1.82, 2.24) is 26.1 Å². The van der Waals surface area contributed by atoms with Gasteiger partial charge in [-0.05, 0) is 72.4 Å². The second-order valence-electron chi connectivity index (χ2n) is 19.3. The number of fused-ring (bicyclic) bond motifs is 2. The molecule has 2 atom stereocenters. The lowest BCUT2D eigenvalue weighted by molar-refractivity contribution is -0.156. The Labute approximate surface area is 420 Å². The number of carbonyl (C=O) groups excluding carboxylic acids is 1. The van der Waals surface area contributed by atoms with Gasteiger partial charge in [0, 0.05) is 74.7 Å². The Morgan fingerprint density at radius 2 is 1.07 bits per heavy atom. The Morgan fingerprint density at radius 3 is 1.49 bits per heavy atom. The van der Waals surface area contributed by atoms with E-state index in [0.29, 0.717) is 104 Å². The standard InChI is InChI=1S/C28H33F2N5O3.C24H25F2N5O3.H3N/c1-17-25(32-19-14-20(16-31-15-19)34-8-10-37-11-9-34)24-21(30)12-18(29)13-22(24)33-26(17)35-7-5-6-23(35)27(36)38-28(2,3)4;1-14-22(28-16-11-17(13-27-12-16)30-5-7-34-8-6-30)21-18(26)9-15(25)10-19(21)29-23(14)31-4-2-3-20(31)24(32)33;/h12-16,23H,5-11H2,1-4H3,(H,32,33);9-13,20H,2-8H2,1H3,(H,28,29)(H,32,33);1H3/t23-;20-;/m00./s1. The van der Waals surface area contributed by atoms with E-state index < -0.39 is 46.9 Å². The number of hydrogen-bond donors (Lipinski definition) is 4. The van der Waals surface area contributed by atoms with E-state index in [1.807, 2.05) is 44.7 Å². The van der Waals surface area contributed by atoms with E-state index in [-0.39, 0.29) is 33.9 Å². The number of nitrogens with zero attached hydrogens (tertiary/aromatic N) is 8. The minimum atomic E-state index is -0.943. The normalized spacial score (nSPS) is 18.1. The van der Waals surface area contributed by atoms with Crippen LogP contribution in [0.5, 0.6) is 0 Å². The minimum Gasteiger partial charge on any atom is -0.480 e. The number of nitrogens with one attached hydrogen (secondary N) is 2. The van der Waals surface area contributed by atoms with Crippen molar-refractivity contribution in [2.24, 2.45) is 0 Å². The summed E-state index contributed by atoms with van der Waals surface area (Å²) < 4.78 is 75.2. The number of pyridine rings is 4. The van der Waals surface area contributed by atoms with Crippen LogP contribution in [0.2, 0.25) is 0 Å². The molecule has 388 valence electrons. The predicted molar refractivity (Wildman–Crippen MR) is 273 cm³/mol. The molecule has 21 heteroatoms. The van der Waals surface area contributed by atoms with Gasteiger partial charge in [-0.3, -0.25) is 9.97 Å². The lowest BCUT2D eigenvalue weighted by Crippen LogP contribution is -2.41. The van der Waals surface area contributed by atoms with E-state index in [2.05, 4.69) is 40.4 Å². The van der Waals surface area contributed by atoms with Gasteiger partial charge in [-0.1, -0.05) is 0 Å². The lowest BCUT2D eigenvalue weighted by Gasteiger charge is -2.30. The summed E-state index contributed by atoms with van der Waals surface area (Å²) in [6.45, 7) is 15.7. The van der Waals surface area contributed by atoms with Crippen LogP contribution in [-0.2, 0) is 23.8 Å². The van der Waals surface area contributed by atoms with Crippen LogP contribution in [0.25, 0.3) is 21.8 Å². The van der Waals surface area contributed by atoms with Crippen LogP contribution in [-0.4, -0.2) is 120 Å². The third kappa shape index (κ3) is 11.4. The maximum Gasteiger partial charge on any atom is 0.329 e. The van der Waals surface area contributed by atoms with Gasteiger partial charge in [-0.15, -0.1) is 0 Å². The maximum atomic E-state index is 15.2. The number of carboxylic acids is 1. The van der Waals surface area contributed by atoms with Crippen LogP contribution < -0.4 is 36.4 Å². The van der Waals surface area contributed by atoms with Gasteiger partial charge in [0.2, 0.25) is 0 Å². The smallest absolute Gasteiger partial charge is 0.329 e. The van der Waals surface area contributed by atoms with Gasteiger partial charge < -0.3 is 55.7 Å². The van der Waals surface area contributed by atoms with Crippen LogP contribution in [0.3, 0.4) is 0 Å². The second-order valence-corrected chi connectivity index (χ2v) is 19.3. The fourth-order valence-corrected chi connectivity index (χ4v) is 9.84. The summed E-state index contributed by atoms with van der Waals surface area (Å²) in [6, 6.07) is 6.67. The zero-order valence-electron chi connectivity index (χ0n) is 41.6. The average Bonchev–Trinajstić information content (AvgIpc) is 4.05. The van der Waals surface area contributed by atoms with Gasteiger partial charge in [0.25, 0.3) is 0 Å². The molecule has 0 radical (unpaired) electrons. The van der Waals surface area contributed by atoms with E-state index in [4.69, 9.17) is 14.2 Å². The van der Waals surface area contributed by atoms with Crippen molar-refractivity contribution in [3.63, 3.8) is 0 Å². The lowest BCUT2D eigenvalue weighted by atomic mass is 10.1. The number of carboxylic acid groups (broad SMARTS) is 1. The van der Waals surface area contributed by atoms with Crippen LogP contribution in [0.15, 0.2) is 61.2 Å². The summed E-state index contributed by atoms with van der Waals surface area (Å²) >= 11 is 0. The summed E-state index contributed by atoms with van der Waals surface area (Å²) in [4.78, 5) is 50.7. The topological polar surface area (TPSA) is 206 Å². The Balaban J connectivity index is 0.000000193. The Kier molecular flexibility index (Phi) is 15.7. The van der Waals surface area contributed by atoms with Crippen LogP contribution >= 0.6 is 0 Å². The van der Waals surface area contributed by atoms with Gasteiger partial charge in [-0.2, -0.15) is 0 Å². The van der Waals surface area contributed by atoms with E-state index in [0.717, 1.165) is 56.1 Å². The highest BCUT2D eigenvalue weighted by molar-refractivity contribution is 6.00. The third-order valence-corrected chi connectivity index (χ3v) is 13.2. The molecule has 2 aromatic carbocycles. The van der Waals surface area contributed by atoms with E-state index in [9.17, 15) is 23.5 Å². The first-order chi connectivity index (χ1) is 34.5. The van der Waals surface area contributed by atoms with Crippen LogP contribution in [0.4, 0.5) is 63.3 Å². The Hall–Kier alpha value is -7.10. The molecule has 0 unspecified atom stereocenters. The molecule has 6 aromatic rings. The number of ether oxygens (including phenoxy) is 3. The van der Waals surface area contributed by atoms with Crippen molar-refractivity contribution in [2.45, 2.75) is 78.0 Å². The molecule has 6 N–H and O–H groups in total. The molecule has 4 aromatic heterocycles. The van der Waals surface area contributed by atoms with Gasteiger partial charge >= 0.3 is 11.9 Å². The molecule has 17 nitrogen and oxygen atoms in total. The molecule has 73 heavy (non-hydrogen) atoms. The monoisotopic (exact) mass is 1010 g/mol. The summed E-state index contributed by atoms with van der Waals surface area (Å²) in [5.41, 5.74) is 4.87. The summed E-state index contributed by atoms with van der Waals surface area (Å²) in [5.74, 6) is -3.30. The first kappa shape index (κ1) is 52.2. The van der Waals surface area contributed by atoms with Crippen molar-refractivity contribution < 1.29 is 46.5 Å². The highest BCUT2D eigenvalue weighted by atomic mass is 19.1. The largest absolute Gasteiger partial charge is 0.480 e. The van der Waals surface area contributed by atoms with Crippen molar-refractivity contribution >= 4 is 79.5 Å². The Morgan fingerprint density at radius 1 is 0.644 bits per heavy atom. The predicted octanol–water partition coefficient (Wildman–Crippen LogP) is 9.12. The van der Waals surface area contributed by atoms with Crippen molar-refractivity contribution in [1.29, 1.82) is 0 Å². The molecule has 4 aliphatic heterocycles. The summed E-state index contributed by atoms with van der Waals surface area (Å²) in [7, 11) is 0. The first-order valence-electron chi connectivity index (χ1n) is 24.2. The SMILES string of the molecule is Cc1c(N2CCC[C@H]2C(=O)O)nc2cc(F)cc(F)c2c1Nc1cncc(N2CCOCC2)c1.Cc1c(N2CCC[C@H]2C(=O)OC(C)(C)C)nc2cc(F)cc(F)c2c1Nc1cncc(N2CCOCC2)c1.N. The molecule has 10 rings (SSSR count). The van der Waals surface area contributed by atoms with Gasteiger partial charge in [0.05, 0.1) is 107 Å². The molecule has 8 heterocycles. The van der Waals surface area contributed by atoms with E-state index in [1.54, 1.807) is 36.6 Å². The number of benzene rings is 2. The van der Waals surface area contributed by atoms with Crippen LogP contribution in [0.1, 0.15) is 57.6 Å². The van der Waals surface area contributed by atoms with Gasteiger partial charge in [0.15, 0.2) is 0 Å².